The van der Waals surface area contributed by atoms with Crippen LogP contribution >= 0.6 is 23.2 Å². The van der Waals surface area contributed by atoms with Crippen molar-refractivity contribution < 1.29 is 4.79 Å². The molecule has 0 spiro atoms. The fourth-order valence-corrected chi connectivity index (χ4v) is 2.29. The van der Waals surface area contributed by atoms with Crippen molar-refractivity contribution in [1.82, 2.24) is 5.32 Å². The first kappa shape index (κ1) is 14.9. The number of amides is 1. The van der Waals surface area contributed by atoms with E-state index in [-0.39, 0.29) is 5.91 Å². The average Bonchev–Trinajstić information content (AvgIpc) is 2.48. The summed E-state index contributed by atoms with van der Waals surface area (Å²) >= 11 is 12.0. The Morgan fingerprint density at radius 1 is 1.00 bits per heavy atom. The summed E-state index contributed by atoms with van der Waals surface area (Å²) in [7, 11) is 0. The van der Waals surface area contributed by atoms with Crippen LogP contribution in [0.5, 0.6) is 0 Å². The van der Waals surface area contributed by atoms with Gasteiger partial charge in [0.1, 0.15) is 0 Å². The molecule has 20 heavy (non-hydrogen) atoms. The molecule has 2 aromatic carbocycles. The van der Waals surface area contributed by atoms with Gasteiger partial charge in [0.15, 0.2) is 0 Å². The van der Waals surface area contributed by atoms with E-state index < -0.39 is 0 Å². The second-order valence-corrected chi connectivity index (χ2v) is 5.26. The van der Waals surface area contributed by atoms with E-state index >= 15 is 0 Å². The molecule has 2 aromatic rings. The maximum atomic E-state index is 11.8. The minimum atomic E-state index is 0.00453. The smallest absolute Gasteiger partial charge is 0.220 e. The third-order valence-corrected chi connectivity index (χ3v) is 3.84. The molecule has 0 aliphatic rings. The number of aryl methyl sites for hydroxylation is 1. The summed E-state index contributed by atoms with van der Waals surface area (Å²) in [6.45, 7) is 0.545. The fraction of sp³-hybridized carbons (Fsp3) is 0.188. The molecule has 4 heteroatoms. The number of carbonyl (C=O) groups is 1. The van der Waals surface area contributed by atoms with E-state index in [1.165, 1.54) is 0 Å². The van der Waals surface area contributed by atoms with Gasteiger partial charge in [-0.3, -0.25) is 4.79 Å². The normalized spacial score (nSPS) is 10.3. The van der Waals surface area contributed by atoms with Gasteiger partial charge in [0.25, 0.3) is 0 Å². The van der Waals surface area contributed by atoms with Gasteiger partial charge in [-0.1, -0.05) is 65.7 Å². The third-order valence-electron chi connectivity index (χ3n) is 2.99. The Kier molecular flexibility index (Phi) is 5.45. The number of halogens is 2. The van der Waals surface area contributed by atoms with Crippen LogP contribution in [0.15, 0.2) is 48.5 Å². The van der Waals surface area contributed by atoms with Gasteiger partial charge in [-0.25, -0.2) is 0 Å². The standard InChI is InChI=1S/C16H15Cl2NO/c17-14-8-4-7-13(16(14)18)9-10-15(20)19-11-12-5-2-1-3-6-12/h1-8H,9-11H2,(H,19,20). The zero-order valence-corrected chi connectivity index (χ0v) is 12.4. The molecule has 0 saturated heterocycles. The van der Waals surface area contributed by atoms with E-state index in [1.807, 2.05) is 42.5 Å². The van der Waals surface area contributed by atoms with Crippen molar-refractivity contribution in [2.75, 3.05) is 0 Å². The van der Waals surface area contributed by atoms with Gasteiger partial charge >= 0.3 is 0 Å². The first-order chi connectivity index (χ1) is 9.66. The minimum absolute atomic E-state index is 0.00453. The first-order valence-electron chi connectivity index (χ1n) is 6.40. The van der Waals surface area contributed by atoms with Crippen LogP contribution in [0.25, 0.3) is 0 Å². The van der Waals surface area contributed by atoms with E-state index in [0.29, 0.717) is 29.4 Å². The Bertz CT molecular complexity index is 584. The van der Waals surface area contributed by atoms with Crippen LogP contribution in [0.2, 0.25) is 10.0 Å². The molecule has 1 amide bonds. The van der Waals surface area contributed by atoms with Crippen LogP contribution < -0.4 is 5.32 Å². The molecule has 0 bridgehead atoms. The van der Waals surface area contributed by atoms with E-state index in [9.17, 15) is 4.79 Å². The van der Waals surface area contributed by atoms with Gasteiger partial charge in [0.2, 0.25) is 5.91 Å². The lowest BCUT2D eigenvalue weighted by atomic mass is 10.1. The molecule has 0 fully saturated rings. The summed E-state index contributed by atoms with van der Waals surface area (Å²) in [5, 5.41) is 3.94. The summed E-state index contributed by atoms with van der Waals surface area (Å²) in [6, 6.07) is 15.3. The number of hydrogen-bond acceptors (Lipinski definition) is 1. The number of nitrogens with one attached hydrogen (secondary N) is 1. The van der Waals surface area contributed by atoms with Crippen LogP contribution in [0, 0.1) is 0 Å². The minimum Gasteiger partial charge on any atom is -0.352 e. The van der Waals surface area contributed by atoms with Crippen molar-refractivity contribution in [1.29, 1.82) is 0 Å². The first-order valence-corrected chi connectivity index (χ1v) is 7.16. The largest absolute Gasteiger partial charge is 0.352 e. The molecule has 104 valence electrons. The second-order valence-electron chi connectivity index (χ2n) is 4.48. The highest BCUT2D eigenvalue weighted by Crippen LogP contribution is 2.26. The average molecular weight is 308 g/mol. The van der Waals surface area contributed by atoms with Gasteiger partial charge in [-0.05, 0) is 23.6 Å². The maximum Gasteiger partial charge on any atom is 0.220 e. The van der Waals surface area contributed by atoms with Gasteiger partial charge in [0.05, 0.1) is 10.0 Å². The lowest BCUT2D eigenvalue weighted by molar-refractivity contribution is -0.121. The van der Waals surface area contributed by atoms with E-state index in [2.05, 4.69) is 5.32 Å². The summed E-state index contributed by atoms with van der Waals surface area (Å²) in [5.74, 6) is 0.00453. The number of rotatable bonds is 5. The van der Waals surface area contributed by atoms with Crippen molar-refractivity contribution >= 4 is 29.1 Å². The molecular weight excluding hydrogens is 293 g/mol. The van der Waals surface area contributed by atoms with Crippen molar-refractivity contribution in [3.63, 3.8) is 0 Å². The van der Waals surface area contributed by atoms with Crippen LogP contribution in [0.3, 0.4) is 0 Å². The van der Waals surface area contributed by atoms with Gasteiger partial charge in [-0.15, -0.1) is 0 Å². The van der Waals surface area contributed by atoms with Gasteiger partial charge in [-0.2, -0.15) is 0 Å². The van der Waals surface area contributed by atoms with Crippen LogP contribution in [-0.2, 0) is 17.8 Å². The highest BCUT2D eigenvalue weighted by atomic mass is 35.5. The lowest BCUT2D eigenvalue weighted by Gasteiger charge is -2.07. The molecule has 0 heterocycles. The van der Waals surface area contributed by atoms with Crippen molar-refractivity contribution in [2.45, 2.75) is 19.4 Å². The SMILES string of the molecule is O=C(CCc1cccc(Cl)c1Cl)NCc1ccccc1. The number of hydrogen-bond donors (Lipinski definition) is 1. The summed E-state index contributed by atoms with van der Waals surface area (Å²) in [6.07, 6.45) is 0.979. The maximum absolute atomic E-state index is 11.8. The predicted molar refractivity (Wildman–Crippen MR) is 83.1 cm³/mol. The van der Waals surface area contributed by atoms with Crippen molar-refractivity contribution in [2.24, 2.45) is 0 Å². The highest BCUT2D eigenvalue weighted by molar-refractivity contribution is 6.42. The molecule has 1 N–H and O–H groups in total. The molecule has 2 nitrogen and oxygen atoms in total. The van der Waals surface area contributed by atoms with Crippen LogP contribution in [-0.4, -0.2) is 5.91 Å². The molecular formula is C16H15Cl2NO. The summed E-state index contributed by atoms with van der Waals surface area (Å²) in [4.78, 5) is 11.8. The van der Waals surface area contributed by atoms with Gasteiger partial charge in [0, 0.05) is 13.0 Å². The summed E-state index contributed by atoms with van der Waals surface area (Å²) < 4.78 is 0. The zero-order chi connectivity index (χ0) is 14.4. The van der Waals surface area contributed by atoms with Crippen molar-refractivity contribution in [3.05, 3.63) is 69.7 Å². The quantitative estimate of drug-likeness (QED) is 0.879. The Balaban J connectivity index is 1.82. The van der Waals surface area contributed by atoms with Gasteiger partial charge < -0.3 is 5.32 Å². The Morgan fingerprint density at radius 3 is 2.50 bits per heavy atom. The fourth-order valence-electron chi connectivity index (χ4n) is 1.87. The van der Waals surface area contributed by atoms with E-state index in [1.54, 1.807) is 6.07 Å². The number of benzene rings is 2. The molecule has 2 rings (SSSR count). The molecule has 0 aliphatic heterocycles. The molecule has 0 aromatic heterocycles. The molecule has 0 saturated carbocycles. The Labute approximate surface area is 128 Å². The van der Waals surface area contributed by atoms with E-state index in [0.717, 1.165) is 11.1 Å². The topological polar surface area (TPSA) is 29.1 Å². The molecule has 0 radical (unpaired) electrons. The Hall–Kier alpha value is -1.51. The summed E-state index contributed by atoms with van der Waals surface area (Å²) in [5.41, 5.74) is 1.98. The Morgan fingerprint density at radius 2 is 1.75 bits per heavy atom. The monoisotopic (exact) mass is 307 g/mol. The molecule has 0 aliphatic carbocycles. The number of carbonyl (C=O) groups excluding carboxylic acids is 1. The van der Waals surface area contributed by atoms with Crippen LogP contribution in [0.1, 0.15) is 17.5 Å². The van der Waals surface area contributed by atoms with Crippen LogP contribution in [0.4, 0.5) is 0 Å². The second kappa shape index (κ2) is 7.32. The molecule has 0 atom stereocenters. The van der Waals surface area contributed by atoms with E-state index in [4.69, 9.17) is 23.2 Å². The van der Waals surface area contributed by atoms with Crippen molar-refractivity contribution in [3.8, 4) is 0 Å². The zero-order valence-electron chi connectivity index (χ0n) is 10.9. The predicted octanol–water partition coefficient (Wildman–Crippen LogP) is 4.24. The highest BCUT2D eigenvalue weighted by Gasteiger charge is 2.07. The lowest BCUT2D eigenvalue weighted by Crippen LogP contribution is -2.22. The molecule has 0 unspecified atom stereocenters. The third kappa shape index (κ3) is 4.26.